The number of halogens is 3. The van der Waals surface area contributed by atoms with Crippen LogP contribution in [0.1, 0.15) is 18.1 Å². The molecule has 1 aromatic heterocycles. The lowest BCUT2D eigenvalue weighted by molar-refractivity contribution is -0.750. The molecule has 1 aliphatic rings. The number of nitrogens with zero attached hydrogens (tertiary/aromatic N) is 6. The van der Waals surface area contributed by atoms with E-state index in [4.69, 9.17) is 49.3 Å². The van der Waals surface area contributed by atoms with Gasteiger partial charge in [0.05, 0.1) is 28.9 Å². The van der Waals surface area contributed by atoms with Crippen molar-refractivity contribution in [3.8, 4) is 17.2 Å². The summed E-state index contributed by atoms with van der Waals surface area (Å²) >= 11 is 19.4. The molecule has 0 amide bonds. The summed E-state index contributed by atoms with van der Waals surface area (Å²) in [7, 11) is 1.83. The highest BCUT2D eigenvalue weighted by molar-refractivity contribution is 6.40. The summed E-state index contributed by atoms with van der Waals surface area (Å²) in [6, 6.07) is 18.1. The molecule has 4 aromatic rings. The number of para-hydroxylation sites is 3. The van der Waals surface area contributed by atoms with Crippen LogP contribution < -0.4 is 19.6 Å². The van der Waals surface area contributed by atoms with E-state index < -0.39 is 0 Å². The molecule has 0 spiro atoms. The number of ether oxygens (including phenoxy) is 2. The highest BCUT2D eigenvalue weighted by atomic mass is 35.5. The first-order chi connectivity index (χ1) is 18.4. The molecule has 38 heavy (non-hydrogen) atoms. The largest absolute Gasteiger partial charge is 0.491 e. The van der Waals surface area contributed by atoms with Crippen LogP contribution in [-0.4, -0.2) is 28.7 Å². The molecule has 1 N–H and O–H groups in total. The van der Waals surface area contributed by atoms with E-state index >= 15 is 0 Å². The summed E-state index contributed by atoms with van der Waals surface area (Å²) in [6.45, 7) is 2.76. The van der Waals surface area contributed by atoms with E-state index in [1.807, 2.05) is 62.5 Å². The van der Waals surface area contributed by atoms with Gasteiger partial charge in [-0.05, 0) is 41.4 Å². The fourth-order valence-corrected chi connectivity index (χ4v) is 4.78. The topological polar surface area (TPSA) is 89.3 Å². The molecule has 0 radical (unpaired) electrons. The van der Waals surface area contributed by atoms with Crippen molar-refractivity contribution in [2.75, 3.05) is 18.6 Å². The summed E-state index contributed by atoms with van der Waals surface area (Å²) in [6.07, 6.45) is 0.685. The Bertz CT molecular complexity index is 1530. The second-order valence-electron chi connectivity index (χ2n) is 8.30. The van der Waals surface area contributed by atoms with Gasteiger partial charge in [-0.1, -0.05) is 59.1 Å². The normalized spacial score (nSPS) is 13.8. The van der Waals surface area contributed by atoms with Crippen LogP contribution in [0.2, 0.25) is 15.1 Å². The number of hydrogen-bond donors (Lipinski definition) is 1. The Labute approximate surface area is 234 Å². The second-order valence-corrected chi connectivity index (χ2v) is 9.55. The molecule has 0 fully saturated rings. The molecular formula is C26H23Cl3N7O2+. The van der Waals surface area contributed by atoms with Crippen LogP contribution in [0.3, 0.4) is 0 Å². The lowest BCUT2D eigenvalue weighted by Crippen LogP contribution is -2.41. The third kappa shape index (κ3) is 5.45. The third-order valence-corrected chi connectivity index (χ3v) is 6.52. The van der Waals surface area contributed by atoms with Gasteiger partial charge in [0.1, 0.15) is 29.9 Å². The molecule has 0 bridgehead atoms. The van der Waals surface area contributed by atoms with Gasteiger partial charge in [0.2, 0.25) is 0 Å². The average molecular weight is 572 g/mol. The Morgan fingerprint density at radius 3 is 2.32 bits per heavy atom. The zero-order valence-corrected chi connectivity index (χ0v) is 22.8. The van der Waals surface area contributed by atoms with Gasteiger partial charge in [-0.3, -0.25) is 5.43 Å². The Morgan fingerprint density at radius 2 is 1.55 bits per heavy atom. The molecule has 0 unspecified atom stereocenters. The van der Waals surface area contributed by atoms with Crippen molar-refractivity contribution in [3.63, 3.8) is 0 Å². The maximum atomic E-state index is 6.60. The van der Waals surface area contributed by atoms with Crippen molar-refractivity contribution in [2.24, 2.45) is 22.4 Å². The minimum Gasteiger partial charge on any atom is -0.491 e. The number of rotatable bonds is 2. The Hall–Kier alpha value is -3.66. The molecule has 5 rings (SSSR count). The van der Waals surface area contributed by atoms with Crippen LogP contribution in [0, 0.1) is 6.92 Å². The first kappa shape index (κ1) is 26.0. The monoisotopic (exact) mass is 570 g/mol. The molecule has 0 atom stereocenters. The van der Waals surface area contributed by atoms with E-state index in [1.54, 1.807) is 21.5 Å². The zero-order valence-electron chi connectivity index (χ0n) is 20.5. The van der Waals surface area contributed by atoms with E-state index in [0.29, 0.717) is 74.9 Å². The van der Waals surface area contributed by atoms with E-state index in [-0.39, 0.29) is 5.84 Å². The summed E-state index contributed by atoms with van der Waals surface area (Å²) in [5.41, 5.74) is 4.73. The minimum absolute atomic E-state index is 0.164. The molecule has 194 valence electrons. The number of benzene rings is 3. The predicted molar refractivity (Wildman–Crippen MR) is 148 cm³/mol. The van der Waals surface area contributed by atoms with Gasteiger partial charge < -0.3 is 9.47 Å². The molecular weight excluding hydrogens is 549 g/mol. The quantitative estimate of drug-likeness (QED) is 0.272. The van der Waals surface area contributed by atoms with E-state index in [9.17, 15) is 0 Å². The van der Waals surface area contributed by atoms with Crippen LogP contribution in [-0.2, 0) is 7.05 Å². The number of amidine groups is 1. The highest BCUT2D eigenvalue weighted by Gasteiger charge is 2.30. The molecule has 3 aromatic carbocycles. The molecule has 9 nitrogen and oxygen atoms in total. The van der Waals surface area contributed by atoms with Crippen molar-refractivity contribution < 1.29 is 14.2 Å². The summed E-state index contributed by atoms with van der Waals surface area (Å²) in [4.78, 5) is 4.72. The molecule has 0 saturated carbocycles. The summed E-state index contributed by atoms with van der Waals surface area (Å²) in [5.74, 6) is 2.40. The Balaban J connectivity index is 1.69. The van der Waals surface area contributed by atoms with Crippen LogP contribution in [0.4, 0.5) is 11.4 Å². The maximum Gasteiger partial charge on any atom is 0.331 e. The van der Waals surface area contributed by atoms with Crippen molar-refractivity contribution >= 4 is 52.0 Å². The number of anilines is 1. The molecule has 0 aliphatic carbocycles. The first-order valence-electron chi connectivity index (χ1n) is 11.7. The molecule has 0 saturated heterocycles. The molecule has 12 heteroatoms. The molecule has 1 aliphatic heterocycles. The number of aryl methyl sites for hydroxylation is 1. The van der Waals surface area contributed by atoms with Gasteiger partial charge >= 0.3 is 11.6 Å². The van der Waals surface area contributed by atoms with E-state index in [2.05, 4.69) is 20.8 Å². The lowest BCUT2D eigenvalue weighted by Gasteiger charge is -2.13. The summed E-state index contributed by atoms with van der Waals surface area (Å²) < 4.78 is 15.4. The number of azo groups is 1. The maximum absolute atomic E-state index is 6.60. The zero-order chi connectivity index (χ0) is 26.6. The van der Waals surface area contributed by atoms with Crippen LogP contribution in [0.25, 0.3) is 5.69 Å². The van der Waals surface area contributed by atoms with Crippen molar-refractivity contribution in [2.45, 2.75) is 13.3 Å². The SMILES string of the molecule is Cc1nc(C2=NNc3ccccc3OCCCOc3ccccc3N=N2)n(-c2c(Cl)cc(Cl)cc2Cl)[n+]1C. The van der Waals surface area contributed by atoms with Crippen LogP contribution in [0.5, 0.6) is 11.5 Å². The van der Waals surface area contributed by atoms with Crippen molar-refractivity contribution in [3.05, 3.63) is 87.4 Å². The lowest BCUT2D eigenvalue weighted by atomic mass is 10.3. The van der Waals surface area contributed by atoms with Gasteiger partial charge in [-0.2, -0.15) is 4.68 Å². The standard InChI is InChI=1S/C26H22Cl3N7O2/c1-16-30-26(36(35(16)2)24-18(28)14-17(27)15-19(24)29)25-33-31-20-8-3-5-10-22(20)37-12-7-13-38-23-11-6-4-9-21(23)32-34-25/h3-6,8-11,14-15H,7,12-13H2,1-2H3/p+1. The Kier molecular flexibility index (Phi) is 7.78. The minimum atomic E-state index is 0.164. The first-order valence-corrected chi connectivity index (χ1v) is 12.9. The Morgan fingerprint density at radius 1 is 0.895 bits per heavy atom. The van der Waals surface area contributed by atoms with Gasteiger partial charge in [-0.25, -0.2) is 0 Å². The van der Waals surface area contributed by atoms with Gasteiger partial charge in [0.15, 0.2) is 0 Å². The number of aromatic nitrogens is 3. The van der Waals surface area contributed by atoms with Crippen LogP contribution >= 0.6 is 34.8 Å². The number of hydrogen-bond acceptors (Lipinski definition) is 7. The van der Waals surface area contributed by atoms with E-state index in [0.717, 1.165) is 0 Å². The van der Waals surface area contributed by atoms with E-state index in [1.165, 1.54) is 0 Å². The highest BCUT2D eigenvalue weighted by Crippen LogP contribution is 2.33. The fourth-order valence-electron chi connectivity index (χ4n) is 3.80. The average Bonchev–Trinajstić information content (AvgIpc) is 3.18. The number of nitrogens with one attached hydrogen (secondary N) is 1. The summed E-state index contributed by atoms with van der Waals surface area (Å²) in [5, 5.41) is 14.6. The third-order valence-electron chi connectivity index (χ3n) is 5.72. The second kappa shape index (κ2) is 11.4. The van der Waals surface area contributed by atoms with Gasteiger partial charge in [0, 0.05) is 18.4 Å². The smallest absolute Gasteiger partial charge is 0.331 e. The fraction of sp³-hybridized carbons (Fsp3) is 0.192. The van der Waals surface area contributed by atoms with Crippen LogP contribution in [0.15, 0.2) is 76.0 Å². The van der Waals surface area contributed by atoms with Crippen molar-refractivity contribution in [1.82, 2.24) is 9.67 Å². The van der Waals surface area contributed by atoms with Gasteiger partial charge in [-0.15, -0.1) is 20.0 Å². The van der Waals surface area contributed by atoms with Crippen molar-refractivity contribution in [1.29, 1.82) is 0 Å². The predicted octanol–water partition coefficient (Wildman–Crippen LogP) is 6.68. The number of fused-ring (bicyclic) bond motifs is 2. The number of hydrazone groups is 1. The molecule has 2 heterocycles. The van der Waals surface area contributed by atoms with Gasteiger partial charge in [0.25, 0.3) is 5.84 Å².